The first kappa shape index (κ1) is 24.5. The van der Waals surface area contributed by atoms with E-state index in [2.05, 4.69) is 5.32 Å². The molecule has 0 unspecified atom stereocenters. The van der Waals surface area contributed by atoms with Crippen molar-refractivity contribution in [1.82, 2.24) is 5.32 Å². The van der Waals surface area contributed by atoms with Crippen molar-refractivity contribution in [1.29, 1.82) is 0 Å². The Morgan fingerprint density at radius 1 is 1.07 bits per heavy atom. The van der Waals surface area contributed by atoms with Crippen molar-refractivity contribution >= 4 is 25.6 Å². The highest BCUT2D eigenvalue weighted by atomic mass is 31.2. The maximum Gasteiger partial charge on any atom is 0.410 e. The van der Waals surface area contributed by atoms with Gasteiger partial charge < -0.3 is 14.8 Å². The monoisotopic (exact) mass is 418 g/mol. The third-order valence-electron chi connectivity index (χ3n) is 4.20. The van der Waals surface area contributed by atoms with Gasteiger partial charge >= 0.3 is 12.1 Å². The lowest BCUT2D eigenvalue weighted by Gasteiger charge is -2.22. The summed E-state index contributed by atoms with van der Waals surface area (Å²) in [4.78, 5) is 55.9. The average molecular weight is 418 g/mol. The molecule has 160 valence electrons. The molecule has 1 rings (SSSR count). The predicted molar refractivity (Wildman–Crippen MR) is 106 cm³/mol. The highest BCUT2D eigenvalue weighted by Gasteiger charge is 2.35. The number of carbonyl (C=O) groups is 3. The molecular weight excluding hydrogens is 385 g/mol. The van der Waals surface area contributed by atoms with Gasteiger partial charge in [0.2, 0.25) is 0 Å². The summed E-state index contributed by atoms with van der Waals surface area (Å²) in [5.41, 5.74) is 0.983. The van der Waals surface area contributed by atoms with Crippen molar-refractivity contribution in [2.24, 2.45) is 11.8 Å². The van der Waals surface area contributed by atoms with Gasteiger partial charge in [0.05, 0.1) is 12.5 Å². The normalized spacial score (nSPS) is 15.9. The molecule has 0 aromatic rings. The Labute approximate surface area is 167 Å². The Morgan fingerprint density at radius 2 is 1.68 bits per heavy atom. The smallest absolute Gasteiger partial charge is 0.410 e. The number of ether oxygens (including phenoxy) is 2. The molecule has 0 aromatic heterocycles. The molecule has 28 heavy (non-hydrogen) atoms. The molecule has 0 radical (unpaired) electrons. The Balaban J connectivity index is 2.47. The van der Waals surface area contributed by atoms with Crippen LogP contribution in [0.15, 0.2) is 11.4 Å². The molecule has 1 amide bonds. The number of ketones is 1. The zero-order valence-electron chi connectivity index (χ0n) is 17.1. The van der Waals surface area contributed by atoms with Crippen molar-refractivity contribution in [2.75, 3.05) is 12.7 Å². The van der Waals surface area contributed by atoms with Crippen LogP contribution in [0.4, 0.5) is 4.79 Å². The van der Waals surface area contributed by atoms with Gasteiger partial charge in [-0.15, -0.1) is 0 Å². The lowest BCUT2D eigenvalue weighted by Crippen LogP contribution is -2.38. The van der Waals surface area contributed by atoms with E-state index < -0.39 is 44.6 Å². The van der Waals surface area contributed by atoms with E-state index in [9.17, 15) is 24.2 Å². The molecule has 0 saturated heterocycles. The topological polar surface area (TPSA) is 122 Å². The first-order valence-corrected chi connectivity index (χ1v) is 11.7. The minimum atomic E-state index is -3.47. The number of rotatable bonds is 9. The zero-order valence-corrected chi connectivity index (χ0v) is 18.0. The van der Waals surface area contributed by atoms with Crippen molar-refractivity contribution in [3.05, 3.63) is 11.4 Å². The molecule has 1 aliphatic rings. The van der Waals surface area contributed by atoms with E-state index >= 15 is 0 Å². The number of allylic oxidation sites excluding steroid dienone is 1. The van der Waals surface area contributed by atoms with E-state index in [0.29, 0.717) is 0 Å². The maximum atomic E-state index is 12.0. The van der Waals surface area contributed by atoms with Gasteiger partial charge in [0.15, 0.2) is 11.9 Å². The minimum absolute atomic E-state index is 0.264. The maximum absolute atomic E-state index is 12.0. The second-order valence-corrected chi connectivity index (χ2v) is 9.94. The molecule has 0 bridgehead atoms. The van der Waals surface area contributed by atoms with Crippen LogP contribution in [0.3, 0.4) is 0 Å². The number of hydrogen-bond acceptors (Lipinski definition) is 7. The number of Topliss-reactive ketones (excluding diaryl/α,β-unsaturated/α-hetero) is 1. The summed E-state index contributed by atoms with van der Waals surface area (Å²) in [6.07, 6.45) is 2.43. The van der Waals surface area contributed by atoms with Crippen molar-refractivity contribution < 1.29 is 33.6 Å². The Hall–Kier alpha value is -1.50. The SMILES string of the molecule is CC(C)C(=O)O[C@H](OC(=O)NCC(=O)C[P+](O)(O)C=C1CCCCC1)C(C)C. The van der Waals surface area contributed by atoms with E-state index in [-0.39, 0.29) is 11.8 Å². The van der Waals surface area contributed by atoms with Crippen molar-refractivity contribution in [2.45, 2.75) is 66.1 Å². The zero-order chi connectivity index (χ0) is 21.3. The van der Waals surface area contributed by atoms with Gasteiger partial charge in [-0.1, -0.05) is 34.1 Å². The first-order chi connectivity index (χ1) is 13.0. The molecule has 1 fully saturated rings. The molecular formula is C19H33NO7P+. The highest BCUT2D eigenvalue weighted by molar-refractivity contribution is 7.68. The molecule has 0 aromatic carbocycles. The summed E-state index contributed by atoms with van der Waals surface area (Å²) in [6, 6.07) is 0. The van der Waals surface area contributed by atoms with Gasteiger partial charge in [-0.25, -0.2) is 14.6 Å². The van der Waals surface area contributed by atoms with Crippen LogP contribution in [0.2, 0.25) is 0 Å². The Bertz CT molecular complexity index is 579. The van der Waals surface area contributed by atoms with Crippen LogP contribution in [0.1, 0.15) is 59.8 Å². The molecule has 3 N–H and O–H groups in total. The minimum Gasteiger partial charge on any atom is -0.425 e. The molecule has 1 aliphatic carbocycles. The summed E-state index contributed by atoms with van der Waals surface area (Å²) in [6.45, 7) is 6.39. The van der Waals surface area contributed by atoms with E-state index in [1.807, 2.05) is 0 Å². The summed E-state index contributed by atoms with van der Waals surface area (Å²) in [7, 11) is -3.47. The van der Waals surface area contributed by atoms with Gasteiger partial charge in [-0.3, -0.25) is 9.59 Å². The fourth-order valence-electron chi connectivity index (χ4n) is 2.65. The second kappa shape index (κ2) is 11.5. The summed E-state index contributed by atoms with van der Waals surface area (Å²) < 4.78 is 10.2. The first-order valence-electron chi connectivity index (χ1n) is 9.70. The highest BCUT2D eigenvalue weighted by Crippen LogP contribution is 2.53. The van der Waals surface area contributed by atoms with E-state index in [1.165, 1.54) is 5.82 Å². The van der Waals surface area contributed by atoms with Crippen LogP contribution >= 0.6 is 7.72 Å². The Morgan fingerprint density at radius 3 is 2.21 bits per heavy atom. The predicted octanol–water partition coefficient (Wildman–Crippen LogP) is 3.14. The standard InChI is InChI=1S/C19H32NO7P/c1-13(2)17(22)26-18(14(3)4)27-19(23)20-10-16(21)12-28(24,25)11-15-8-6-5-7-9-15/h11,13-14,18,24-25H,5-10,12H2,1-4H3/p+1/t18-/m1/s1. The molecule has 0 aliphatic heterocycles. The van der Waals surface area contributed by atoms with Crippen LogP contribution in [0.5, 0.6) is 0 Å². The summed E-state index contributed by atoms with van der Waals surface area (Å²) in [5, 5.41) is 2.27. The molecule has 0 spiro atoms. The van der Waals surface area contributed by atoms with Gasteiger partial charge in [0.1, 0.15) is 5.82 Å². The molecule has 9 heteroatoms. The van der Waals surface area contributed by atoms with Crippen molar-refractivity contribution in [3.8, 4) is 0 Å². The van der Waals surface area contributed by atoms with Crippen LogP contribution < -0.4 is 5.32 Å². The number of nitrogens with one attached hydrogen (secondary N) is 1. The Kier molecular flexibility index (Phi) is 10.1. The van der Waals surface area contributed by atoms with Crippen molar-refractivity contribution in [3.63, 3.8) is 0 Å². The fourth-order valence-corrected chi connectivity index (χ4v) is 4.22. The van der Waals surface area contributed by atoms with Crippen LogP contribution in [-0.4, -0.2) is 46.6 Å². The van der Waals surface area contributed by atoms with Crippen LogP contribution in [-0.2, 0) is 19.1 Å². The third kappa shape index (κ3) is 9.62. The lowest BCUT2D eigenvalue weighted by molar-refractivity contribution is -0.178. The van der Waals surface area contributed by atoms with Gasteiger partial charge in [-0.2, -0.15) is 0 Å². The van der Waals surface area contributed by atoms with E-state index in [0.717, 1.165) is 37.7 Å². The van der Waals surface area contributed by atoms with E-state index in [4.69, 9.17) is 9.47 Å². The van der Waals surface area contributed by atoms with Crippen LogP contribution in [0.25, 0.3) is 0 Å². The summed E-state index contributed by atoms with van der Waals surface area (Å²) >= 11 is 0. The van der Waals surface area contributed by atoms with Gasteiger partial charge in [-0.05, 0) is 31.3 Å². The number of alkyl carbamates (subject to hydrolysis) is 1. The fraction of sp³-hybridized carbons (Fsp3) is 0.737. The second-order valence-electron chi connectivity index (χ2n) is 7.79. The summed E-state index contributed by atoms with van der Waals surface area (Å²) in [5.74, 6) is -0.182. The third-order valence-corrected chi connectivity index (χ3v) is 5.79. The number of esters is 1. The quantitative estimate of drug-likeness (QED) is 0.299. The van der Waals surface area contributed by atoms with Crippen LogP contribution in [0, 0.1) is 11.8 Å². The largest absolute Gasteiger partial charge is 0.425 e. The molecule has 1 saturated carbocycles. The molecule has 0 heterocycles. The van der Waals surface area contributed by atoms with Gasteiger partial charge in [0.25, 0.3) is 14.0 Å². The lowest BCUT2D eigenvalue weighted by atomic mass is 9.96. The number of amides is 1. The molecule has 1 atom stereocenters. The van der Waals surface area contributed by atoms with Gasteiger partial charge in [0, 0.05) is 5.92 Å². The van der Waals surface area contributed by atoms with E-state index in [1.54, 1.807) is 27.7 Å². The number of carbonyl (C=O) groups excluding carboxylic acids is 3. The molecule has 8 nitrogen and oxygen atoms in total. The number of hydrogen-bond donors (Lipinski definition) is 3. The average Bonchev–Trinajstić information content (AvgIpc) is 2.59.